The molecule has 2 heterocycles. The van der Waals surface area contributed by atoms with E-state index in [0.29, 0.717) is 17.2 Å². The lowest BCUT2D eigenvalue weighted by Crippen LogP contribution is -2.21. The minimum absolute atomic E-state index is 0.0422. The van der Waals surface area contributed by atoms with Crippen molar-refractivity contribution in [2.45, 2.75) is 19.8 Å². The van der Waals surface area contributed by atoms with Gasteiger partial charge in [-0.3, -0.25) is 9.89 Å². The maximum atomic E-state index is 11.0. The summed E-state index contributed by atoms with van der Waals surface area (Å²) in [6, 6.07) is 9.03. The summed E-state index contributed by atoms with van der Waals surface area (Å²) < 4.78 is 10.4. The first-order valence-corrected chi connectivity index (χ1v) is 6.92. The number of nitrogens with zero attached hydrogens (tertiary/aromatic N) is 2. The Labute approximate surface area is 132 Å². The number of aromatic amines is 1. The third-order valence-corrected chi connectivity index (χ3v) is 3.60. The predicted octanol–water partition coefficient (Wildman–Crippen LogP) is 1.86. The van der Waals surface area contributed by atoms with Gasteiger partial charge in [-0.25, -0.2) is 0 Å². The molecule has 1 aliphatic rings. The van der Waals surface area contributed by atoms with E-state index in [2.05, 4.69) is 16.3 Å². The van der Waals surface area contributed by atoms with Crippen LogP contribution < -0.4 is 15.2 Å². The summed E-state index contributed by atoms with van der Waals surface area (Å²) >= 11 is 0. The van der Waals surface area contributed by atoms with Crippen LogP contribution in [0.4, 0.5) is 0 Å². The van der Waals surface area contributed by atoms with Crippen molar-refractivity contribution < 1.29 is 14.3 Å². The quantitative estimate of drug-likeness (QED) is 0.646. The van der Waals surface area contributed by atoms with Crippen LogP contribution in [0.15, 0.2) is 35.7 Å². The third-order valence-electron chi connectivity index (χ3n) is 3.60. The van der Waals surface area contributed by atoms with Gasteiger partial charge in [-0.2, -0.15) is 5.26 Å². The Morgan fingerprint density at radius 1 is 1.43 bits per heavy atom. The summed E-state index contributed by atoms with van der Waals surface area (Å²) in [5.74, 6) is 0.0778. The van der Waals surface area contributed by atoms with Crippen molar-refractivity contribution in [3.05, 3.63) is 52.5 Å². The van der Waals surface area contributed by atoms with Crippen molar-refractivity contribution in [1.29, 1.82) is 5.26 Å². The molecule has 0 unspecified atom stereocenters. The van der Waals surface area contributed by atoms with E-state index in [9.17, 15) is 10.1 Å². The summed E-state index contributed by atoms with van der Waals surface area (Å²) in [5, 5.41) is 16.4. The van der Waals surface area contributed by atoms with E-state index >= 15 is 0 Å². The molecule has 1 aromatic carbocycles. The molecule has 3 N–H and O–H groups in total. The van der Waals surface area contributed by atoms with Gasteiger partial charge in [-0.05, 0) is 24.6 Å². The molecule has 0 saturated heterocycles. The Hall–Kier alpha value is -3.27. The molecule has 0 fully saturated rings. The number of nitrogens with one attached hydrogen (secondary N) is 1. The normalized spacial score (nSPS) is 16.3. The molecule has 1 atom stereocenters. The molecule has 0 amide bonds. The van der Waals surface area contributed by atoms with Crippen molar-refractivity contribution in [2.24, 2.45) is 5.73 Å². The molecule has 0 aliphatic carbocycles. The van der Waals surface area contributed by atoms with Crippen molar-refractivity contribution >= 4 is 5.97 Å². The molecule has 0 bridgehead atoms. The van der Waals surface area contributed by atoms with Gasteiger partial charge >= 0.3 is 5.97 Å². The average Bonchev–Trinajstić information content (AvgIpc) is 2.87. The number of nitrogens with two attached hydrogens (primary N) is 1. The highest BCUT2D eigenvalue weighted by Crippen LogP contribution is 2.42. The van der Waals surface area contributed by atoms with Gasteiger partial charge in [0, 0.05) is 18.2 Å². The number of H-pyrrole nitrogens is 1. The summed E-state index contributed by atoms with van der Waals surface area (Å²) in [5.41, 5.74) is 8.57. The molecular formula is C16H14N4O3. The topological polar surface area (TPSA) is 114 Å². The number of nitriles is 1. The highest BCUT2D eigenvalue weighted by molar-refractivity contribution is 5.69. The van der Waals surface area contributed by atoms with Crippen molar-refractivity contribution in [2.75, 3.05) is 0 Å². The van der Waals surface area contributed by atoms with E-state index in [-0.39, 0.29) is 11.8 Å². The Bertz CT molecular complexity index is 843. The van der Waals surface area contributed by atoms with E-state index < -0.39 is 5.97 Å². The highest BCUT2D eigenvalue weighted by Gasteiger charge is 2.34. The van der Waals surface area contributed by atoms with Gasteiger partial charge in [0.05, 0.1) is 5.92 Å². The number of carbonyl (C=O) groups is 1. The molecule has 116 valence electrons. The fourth-order valence-corrected chi connectivity index (χ4v) is 2.63. The number of fused-ring (bicyclic) bond motifs is 1. The monoisotopic (exact) mass is 310 g/mol. The van der Waals surface area contributed by atoms with Crippen LogP contribution in [-0.4, -0.2) is 16.2 Å². The number of benzene rings is 1. The number of aryl methyl sites for hydroxylation is 1. The maximum Gasteiger partial charge on any atom is 0.308 e. The lowest BCUT2D eigenvalue weighted by atomic mass is 9.84. The standard InChI is InChI=1S/C16H14N4O3/c1-8-13-14(10-3-5-11(6-4-10)22-9(2)21)12(7-17)15(18)23-16(13)20-19-8/h3-6,14H,18H2,1-2H3,(H,19,20)/t14-/m0/s1. The van der Waals surface area contributed by atoms with Gasteiger partial charge < -0.3 is 15.2 Å². The van der Waals surface area contributed by atoms with Crippen molar-refractivity contribution in [3.63, 3.8) is 0 Å². The molecule has 0 radical (unpaired) electrons. The number of allylic oxidation sites excluding steroid dienone is 1. The van der Waals surface area contributed by atoms with Gasteiger partial charge in [0.1, 0.15) is 17.4 Å². The fraction of sp³-hybridized carbons (Fsp3) is 0.188. The van der Waals surface area contributed by atoms with Gasteiger partial charge in [-0.15, -0.1) is 5.10 Å². The summed E-state index contributed by atoms with van der Waals surface area (Å²) in [4.78, 5) is 11.0. The molecular weight excluding hydrogens is 296 g/mol. The van der Waals surface area contributed by atoms with Gasteiger partial charge in [0.2, 0.25) is 11.8 Å². The van der Waals surface area contributed by atoms with E-state index in [1.165, 1.54) is 6.92 Å². The molecule has 3 rings (SSSR count). The summed E-state index contributed by atoms with van der Waals surface area (Å²) in [6.45, 7) is 3.19. The Morgan fingerprint density at radius 2 is 2.13 bits per heavy atom. The van der Waals surface area contributed by atoms with Crippen molar-refractivity contribution in [1.82, 2.24) is 10.2 Å². The SMILES string of the molecule is CC(=O)Oc1ccc([C@H]2C(C#N)=C(N)Oc3n[nH]c(C)c32)cc1. The van der Waals surface area contributed by atoms with Crippen molar-refractivity contribution in [3.8, 4) is 17.7 Å². The maximum absolute atomic E-state index is 11.0. The predicted molar refractivity (Wildman–Crippen MR) is 80.4 cm³/mol. The Morgan fingerprint density at radius 3 is 2.74 bits per heavy atom. The first-order valence-electron chi connectivity index (χ1n) is 6.92. The lowest BCUT2D eigenvalue weighted by molar-refractivity contribution is -0.131. The Kier molecular flexibility index (Phi) is 3.50. The first kappa shape index (κ1) is 14.7. The molecule has 0 saturated carbocycles. The van der Waals surface area contributed by atoms with Crippen LogP contribution in [0.5, 0.6) is 11.6 Å². The van der Waals surface area contributed by atoms with Crippen LogP contribution >= 0.6 is 0 Å². The second-order valence-electron chi connectivity index (χ2n) is 5.15. The van der Waals surface area contributed by atoms with E-state index in [4.69, 9.17) is 15.2 Å². The summed E-state index contributed by atoms with van der Waals surface area (Å²) in [7, 11) is 0. The fourth-order valence-electron chi connectivity index (χ4n) is 2.63. The zero-order valence-electron chi connectivity index (χ0n) is 12.6. The molecule has 0 spiro atoms. The first-order chi connectivity index (χ1) is 11.0. The van der Waals surface area contributed by atoms with Crippen LogP contribution in [0.3, 0.4) is 0 Å². The minimum Gasteiger partial charge on any atom is -0.427 e. The second-order valence-corrected chi connectivity index (χ2v) is 5.15. The third kappa shape index (κ3) is 2.51. The van der Waals surface area contributed by atoms with Gasteiger partial charge in [0.25, 0.3) is 0 Å². The molecule has 7 nitrogen and oxygen atoms in total. The zero-order valence-corrected chi connectivity index (χ0v) is 12.6. The average molecular weight is 310 g/mol. The number of carbonyl (C=O) groups excluding carboxylic acids is 1. The van der Waals surface area contributed by atoms with E-state index in [1.54, 1.807) is 24.3 Å². The highest BCUT2D eigenvalue weighted by atomic mass is 16.5. The number of hydrogen-bond acceptors (Lipinski definition) is 6. The largest absolute Gasteiger partial charge is 0.427 e. The molecule has 1 aliphatic heterocycles. The van der Waals surface area contributed by atoms with Crippen LogP contribution in [0, 0.1) is 18.3 Å². The molecule has 7 heteroatoms. The minimum atomic E-state index is -0.390. The molecule has 1 aromatic heterocycles. The lowest BCUT2D eigenvalue weighted by Gasteiger charge is -2.23. The van der Waals surface area contributed by atoms with E-state index in [0.717, 1.165) is 16.8 Å². The number of esters is 1. The van der Waals surface area contributed by atoms with Gasteiger partial charge in [0.15, 0.2) is 0 Å². The van der Waals surface area contributed by atoms with Gasteiger partial charge in [-0.1, -0.05) is 12.1 Å². The number of hydrogen-bond donors (Lipinski definition) is 2. The smallest absolute Gasteiger partial charge is 0.308 e. The van der Waals surface area contributed by atoms with E-state index in [1.807, 2.05) is 6.92 Å². The summed E-state index contributed by atoms with van der Waals surface area (Å²) in [6.07, 6.45) is 0. The zero-order chi connectivity index (χ0) is 16.6. The second kappa shape index (κ2) is 5.50. The number of aromatic nitrogens is 2. The number of rotatable bonds is 2. The van der Waals surface area contributed by atoms with Crippen LogP contribution in [-0.2, 0) is 4.79 Å². The molecule has 23 heavy (non-hydrogen) atoms. The van der Waals surface area contributed by atoms with Crippen LogP contribution in [0.25, 0.3) is 0 Å². The Balaban J connectivity index is 2.08. The van der Waals surface area contributed by atoms with Crippen LogP contribution in [0.2, 0.25) is 0 Å². The van der Waals surface area contributed by atoms with Crippen LogP contribution in [0.1, 0.15) is 29.7 Å². The number of ether oxygens (including phenoxy) is 2. The molecule has 2 aromatic rings.